The summed E-state index contributed by atoms with van der Waals surface area (Å²) < 4.78 is 0. The Hall–Kier alpha value is -1.51. The van der Waals surface area contributed by atoms with Crippen LogP contribution < -0.4 is 10.6 Å². The molecule has 1 aromatic rings. The third-order valence-electron chi connectivity index (χ3n) is 4.43. The van der Waals surface area contributed by atoms with Crippen LogP contribution in [0.2, 0.25) is 0 Å². The molecule has 19 heavy (non-hydrogen) atoms. The Morgan fingerprint density at radius 3 is 2.58 bits per heavy atom. The Morgan fingerprint density at radius 2 is 2.00 bits per heavy atom. The maximum absolute atomic E-state index is 7.56. The molecule has 3 unspecified atom stereocenters. The molecule has 1 aromatic carbocycles. The summed E-state index contributed by atoms with van der Waals surface area (Å²) in [5.41, 5.74) is 8.77. The van der Waals surface area contributed by atoms with Crippen molar-refractivity contribution in [3.63, 3.8) is 0 Å². The topological polar surface area (TPSA) is 53.1 Å². The predicted molar refractivity (Wildman–Crippen MR) is 81.9 cm³/mol. The zero-order chi connectivity index (χ0) is 14.2. The van der Waals surface area contributed by atoms with Gasteiger partial charge >= 0.3 is 0 Å². The number of hydrogen-bond acceptors (Lipinski definition) is 2. The summed E-state index contributed by atoms with van der Waals surface area (Å²) in [5, 5.41) is 7.56. The van der Waals surface area contributed by atoms with Crippen LogP contribution >= 0.6 is 0 Å². The first-order valence-corrected chi connectivity index (χ1v) is 7.11. The molecule has 3 atom stereocenters. The molecule has 3 N–H and O–H groups in total. The minimum absolute atomic E-state index is 0.150. The number of nitrogen functional groups attached to an aromatic ring is 1. The molecule has 0 aromatic heterocycles. The lowest BCUT2D eigenvalue weighted by atomic mass is 9.85. The first-order chi connectivity index (χ1) is 8.90. The van der Waals surface area contributed by atoms with Crippen LogP contribution in [0.4, 0.5) is 5.69 Å². The molecule has 3 heteroatoms. The van der Waals surface area contributed by atoms with E-state index in [1.54, 1.807) is 0 Å². The normalized spacial score (nSPS) is 27.4. The van der Waals surface area contributed by atoms with Crippen molar-refractivity contribution >= 4 is 11.5 Å². The fraction of sp³-hybridized carbons (Fsp3) is 0.562. The van der Waals surface area contributed by atoms with E-state index in [-0.39, 0.29) is 5.84 Å². The molecule has 0 radical (unpaired) electrons. The van der Waals surface area contributed by atoms with Crippen molar-refractivity contribution in [2.24, 2.45) is 17.6 Å². The third-order valence-corrected chi connectivity index (χ3v) is 4.43. The molecule has 104 valence electrons. The highest BCUT2D eigenvalue weighted by atomic mass is 15.2. The van der Waals surface area contributed by atoms with Crippen molar-refractivity contribution in [3.05, 3.63) is 29.3 Å². The van der Waals surface area contributed by atoms with Gasteiger partial charge in [-0.25, -0.2) is 0 Å². The highest BCUT2D eigenvalue weighted by Gasteiger charge is 2.28. The number of nitrogens with two attached hydrogens (primary N) is 1. The van der Waals surface area contributed by atoms with E-state index in [0.29, 0.717) is 6.04 Å². The number of anilines is 1. The van der Waals surface area contributed by atoms with Gasteiger partial charge in [-0.3, -0.25) is 5.41 Å². The number of hydrogen-bond donors (Lipinski definition) is 2. The van der Waals surface area contributed by atoms with Crippen molar-refractivity contribution < 1.29 is 0 Å². The molecule has 0 amide bonds. The monoisotopic (exact) mass is 259 g/mol. The zero-order valence-electron chi connectivity index (χ0n) is 12.4. The Morgan fingerprint density at radius 1 is 1.32 bits per heavy atom. The van der Waals surface area contributed by atoms with Gasteiger partial charge < -0.3 is 10.6 Å². The number of benzene rings is 1. The summed E-state index contributed by atoms with van der Waals surface area (Å²) in [7, 11) is 0. The quantitative estimate of drug-likeness (QED) is 0.633. The van der Waals surface area contributed by atoms with Crippen molar-refractivity contribution in [3.8, 4) is 0 Å². The third kappa shape index (κ3) is 2.75. The van der Waals surface area contributed by atoms with Gasteiger partial charge in [0, 0.05) is 23.8 Å². The number of nitrogens with zero attached hydrogens (tertiary/aromatic N) is 1. The lowest BCUT2D eigenvalue weighted by Gasteiger charge is -2.42. The summed E-state index contributed by atoms with van der Waals surface area (Å²) in [5.74, 6) is 1.60. The molecule has 0 bridgehead atoms. The van der Waals surface area contributed by atoms with E-state index in [9.17, 15) is 0 Å². The van der Waals surface area contributed by atoms with Crippen LogP contribution in [0.15, 0.2) is 18.2 Å². The van der Waals surface area contributed by atoms with Gasteiger partial charge in [-0.05, 0) is 55.9 Å². The minimum Gasteiger partial charge on any atom is -0.384 e. The van der Waals surface area contributed by atoms with Crippen LogP contribution in [0.1, 0.15) is 38.3 Å². The zero-order valence-corrected chi connectivity index (χ0v) is 12.4. The van der Waals surface area contributed by atoms with Gasteiger partial charge in [0.05, 0.1) is 0 Å². The lowest BCUT2D eigenvalue weighted by molar-refractivity contribution is 0.297. The second-order valence-corrected chi connectivity index (χ2v) is 6.12. The molecule has 1 heterocycles. The molecule has 1 saturated heterocycles. The summed E-state index contributed by atoms with van der Waals surface area (Å²) in [6, 6.07) is 6.81. The predicted octanol–water partition coefficient (Wildman–Crippen LogP) is 3.15. The summed E-state index contributed by atoms with van der Waals surface area (Å²) >= 11 is 0. The van der Waals surface area contributed by atoms with Crippen molar-refractivity contribution in [2.75, 3.05) is 11.4 Å². The van der Waals surface area contributed by atoms with E-state index in [0.717, 1.165) is 29.5 Å². The first-order valence-electron chi connectivity index (χ1n) is 7.11. The highest BCUT2D eigenvalue weighted by Crippen LogP contribution is 2.32. The minimum atomic E-state index is 0.150. The van der Waals surface area contributed by atoms with Crippen LogP contribution in [0, 0.1) is 24.2 Å². The fourth-order valence-corrected chi connectivity index (χ4v) is 3.18. The van der Waals surface area contributed by atoms with Crippen LogP contribution in [-0.2, 0) is 0 Å². The maximum atomic E-state index is 7.56. The van der Waals surface area contributed by atoms with Gasteiger partial charge in [-0.2, -0.15) is 0 Å². The number of aryl methyl sites for hydroxylation is 1. The van der Waals surface area contributed by atoms with E-state index >= 15 is 0 Å². The standard InChI is InChI=1S/C16H25N3/c1-10-7-11(2)13(4)19(9-10)14-5-6-15(16(17)18)12(3)8-14/h5-6,8,10-11,13H,7,9H2,1-4H3,(H3,17,18). The second-order valence-electron chi connectivity index (χ2n) is 6.12. The smallest absolute Gasteiger partial charge is 0.123 e. The lowest BCUT2D eigenvalue weighted by Crippen LogP contribution is -2.45. The average Bonchev–Trinajstić information content (AvgIpc) is 2.33. The molecule has 3 nitrogen and oxygen atoms in total. The molecular weight excluding hydrogens is 234 g/mol. The average molecular weight is 259 g/mol. The van der Waals surface area contributed by atoms with Crippen molar-refractivity contribution in [1.29, 1.82) is 5.41 Å². The van der Waals surface area contributed by atoms with E-state index in [1.807, 2.05) is 13.0 Å². The number of rotatable bonds is 2. The summed E-state index contributed by atoms with van der Waals surface area (Å²) in [6.45, 7) is 10.1. The summed E-state index contributed by atoms with van der Waals surface area (Å²) in [4.78, 5) is 2.50. The van der Waals surface area contributed by atoms with Gasteiger partial charge in [0.1, 0.15) is 5.84 Å². The molecule has 1 aliphatic heterocycles. The maximum Gasteiger partial charge on any atom is 0.123 e. The van der Waals surface area contributed by atoms with Gasteiger partial charge in [0.25, 0.3) is 0 Å². The Kier molecular flexibility index (Phi) is 3.83. The van der Waals surface area contributed by atoms with Gasteiger partial charge in [-0.1, -0.05) is 13.8 Å². The molecule has 0 spiro atoms. The van der Waals surface area contributed by atoms with Crippen molar-refractivity contribution in [2.45, 2.75) is 40.2 Å². The van der Waals surface area contributed by atoms with E-state index < -0.39 is 0 Å². The highest BCUT2D eigenvalue weighted by molar-refractivity contribution is 5.96. The molecule has 2 rings (SSSR count). The van der Waals surface area contributed by atoms with Crippen LogP contribution in [0.3, 0.4) is 0 Å². The SMILES string of the molecule is Cc1cc(N2CC(C)CC(C)C2C)ccc1C(=N)N. The fourth-order valence-electron chi connectivity index (χ4n) is 3.18. The number of amidine groups is 1. The molecule has 1 aliphatic rings. The van der Waals surface area contributed by atoms with Crippen LogP contribution in [-0.4, -0.2) is 18.4 Å². The molecular formula is C16H25N3. The van der Waals surface area contributed by atoms with Crippen molar-refractivity contribution in [1.82, 2.24) is 0 Å². The van der Waals surface area contributed by atoms with E-state index in [2.05, 4.69) is 37.8 Å². The van der Waals surface area contributed by atoms with E-state index in [4.69, 9.17) is 11.1 Å². The Balaban J connectivity index is 2.31. The number of piperidine rings is 1. The summed E-state index contributed by atoms with van der Waals surface area (Å²) in [6.07, 6.45) is 1.31. The molecule has 0 saturated carbocycles. The van der Waals surface area contributed by atoms with Gasteiger partial charge in [-0.15, -0.1) is 0 Å². The van der Waals surface area contributed by atoms with Crippen LogP contribution in [0.25, 0.3) is 0 Å². The molecule has 0 aliphatic carbocycles. The Bertz CT molecular complexity index is 481. The van der Waals surface area contributed by atoms with Gasteiger partial charge in [0.2, 0.25) is 0 Å². The largest absolute Gasteiger partial charge is 0.384 e. The second kappa shape index (κ2) is 5.24. The van der Waals surface area contributed by atoms with E-state index in [1.165, 1.54) is 12.1 Å². The van der Waals surface area contributed by atoms with Gasteiger partial charge in [0.15, 0.2) is 0 Å². The Labute approximate surface area is 116 Å². The number of nitrogens with one attached hydrogen (secondary N) is 1. The molecule has 1 fully saturated rings. The van der Waals surface area contributed by atoms with Crippen LogP contribution in [0.5, 0.6) is 0 Å². The first kappa shape index (κ1) is 13.9.